The molecule has 0 saturated carbocycles. The highest BCUT2D eigenvalue weighted by molar-refractivity contribution is 7.09. The number of amides is 1. The molecule has 1 fully saturated rings. The van der Waals surface area contributed by atoms with E-state index in [1.54, 1.807) is 0 Å². The normalized spacial score (nSPS) is 16.2. The van der Waals surface area contributed by atoms with Gasteiger partial charge in [0, 0.05) is 30.2 Å². The summed E-state index contributed by atoms with van der Waals surface area (Å²) in [4.78, 5) is 19.8. The van der Waals surface area contributed by atoms with E-state index in [4.69, 9.17) is 4.98 Å². The van der Waals surface area contributed by atoms with Crippen LogP contribution in [0.4, 0.5) is 10.8 Å². The number of hydrogen-bond donors (Lipinski definition) is 1. The molecule has 5 nitrogen and oxygen atoms in total. The first-order valence-corrected chi connectivity index (χ1v) is 10.8. The molecular weight excluding hydrogens is 380 g/mol. The summed E-state index contributed by atoms with van der Waals surface area (Å²) in [7, 11) is 0. The number of aryl methyl sites for hydroxylation is 3. The summed E-state index contributed by atoms with van der Waals surface area (Å²) < 4.78 is 4.53. The Bertz CT molecular complexity index is 1010. The fourth-order valence-corrected chi connectivity index (χ4v) is 4.40. The lowest BCUT2D eigenvalue weighted by atomic mass is 10.1. The Balaban J connectivity index is 1.45. The number of carbonyl (C=O) groups excluding carboxylic acids is 1. The number of hydrogen-bond acceptors (Lipinski definition) is 5. The molecule has 1 aromatic heterocycles. The van der Waals surface area contributed by atoms with Crippen molar-refractivity contribution in [3.63, 3.8) is 0 Å². The summed E-state index contributed by atoms with van der Waals surface area (Å²) in [5, 5.41) is 3.92. The van der Waals surface area contributed by atoms with Crippen molar-refractivity contribution in [1.82, 2.24) is 9.36 Å². The van der Waals surface area contributed by atoms with Crippen molar-refractivity contribution in [3.8, 4) is 0 Å². The Morgan fingerprint density at radius 2 is 1.93 bits per heavy atom. The van der Waals surface area contributed by atoms with E-state index in [0.29, 0.717) is 6.42 Å². The maximum absolute atomic E-state index is 12.9. The summed E-state index contributed by atoms with van der Waals surface area (Å²) in [5.41, 5.74) is 5.69. The average molecular weight is 407 g/mol. The minimum absolute atomic E-state index is 0.0287. The minimum Gasteiger partial charge on any atom is -0.335 e. The van der Waals surface area contributed by atoms with E-state index in [9.17, 15) is 4.79 Å². The largest absolute Gasteiger partial charge is 0.335 e. The van der Waals surface area contributed by atoms with Gasteiger partial charge in [-0.15, -0.1) is 0 Å². The molecular formula is C23H26N4OS. The standard InChI is InChI=1S/C23H26N4OS/c1-15-6-9-18(10-7-15)14-21-25-23(29-26-21)27-12-4-5-20(27)22(28)24-19-11-8-16(2)17(3)13-19/h6-11,13,20H,4-5,12,14H2,1-3H3,(H,24,28). The molecule has 1 atom stereocenters. The van der Waals surface area contributed by atoms with E-state index in [1.807, 2.05) is 18.2 Å². The van der Waals surface area contributed by atoms with Crippen LogP contribution in [0.5, 0.6) is 0 Å². The number of nitrogens with one attached hydrogen (secondary N) is 1. The van der Waals surface area contributed by atoms with Crippen molar-refractivity contribution < 1.29 is 4.79 Å². The zero-order valence-electron chi connectivity index (χ0n) is 17.1. The van der Waals surface area contributed by atoms with Crippen LogP contribution in [-0.4, -0.2) is 27.9 Å². The van der Waals surface area contributed by atoms with E-state index >= 15 is 0 Å². The molecule has 0 radical (unpaired) electrons. The molecule has 150 valence electrons. The fraction of sp³-hybridized carbons (Fsp3) is 0.348. The summed E-state index contributed by atoms with van der Waals surface area (Å²) >= 11 is 1.39. The highest BCUT2D eigenvalue weighted by atomic mass is 32.1. The highest BCUT2D eigenvalue weighted by Crippen LogP contribution is 2.28. The van der Waals surface area contributed by atoms with Crippen LogP contribution in [0.2, 0.25) is 0 Å². The molecule has 1 amide bonds. The zero-order chi connectivity index (χ0) is 20.4. The van der Waals surface area contributed by atoms with E-state index in [-0.39, 0.29) is 11.9 Å². The third-order valence-electron chi connectivity index (χ3n) is 5.52. The van der Waals surface area contributed by atoms with Gasteiger partial charge in [0.25, 0.3) is 0 Å². The van der Waals surface area contributed by atoms with Gasteiger partial charge in [0.2, 0.25) is 11.0 Å². The van der Waals surface area contributed by atoms with Gasteiger partial charge in [0.05, 0.1) is 0 Å². The third-order valence-corrected chi connectivity index (χ3v) is 6.31. The van der Waals surface area contributed by atoms with Crippen molar-refractivity contribution in [1.29, 1.82) is 0 Å². The van der Waals surface area contributed by atoms with E-state index in [1.165, 1.54) is 33.8 Å². The van der Waals surface area contributed by atoms with E-state index < -0.39 is 0 Å². The number of carbonyl (C=O) groups is 1. The molecule has 1 aliphatic heterocycles. The van der Waals surface area contributed by atoms with Crippen LogP contribution in [-0.2, 0) is 11.2 Å². The number of benzene rings is 2. The second-order valence-electron chi connectivity index (χ2n) is 7.80. The van der Waals surface area contributed by atoms with Crippen LogP contribution < -0.4 is 10.2 Å². The topological polar surface area (TPSA) is 58.1 Å². The number of rotatable bonds is 5. The number of aromatic nitrogens is 2. The molecule has 6 heteroatoms. The fourth-order valence-electron chi connectivity index (χ4n) is 3.63. The Morgan fingerprint density at radius 1 is 1.14 bits per heavy atom. The zero-order valence-corrected chi connectivity index (χ0v) is 17.9. The quantitative estimate of drug-likeness (QED) is 0.669. The Morgan fingerprint density at radius 3 is 2.69 bits per heavy atom. The number of anilines is 2. The third kappa shape index (κ3) is 4.48. The predicted molar refractivity (Wildman–Crippen MR) is 119 cm³/mol. The highest BCUT2D eigenvalue weighted by Gasteiger charge is 2.33. The van der Waals surface area contributed by atoms with Gasteiger partial charge in [-0.2, -0.15) is 4.37 Å². The first kappa shape index (κ1) is 19.6. The van der Waals surface area contributed by atoms with Gasteiger partial charge in [-0.05, 0) is 62.4 Å². The Hall–Kier alpha value is -2.73. The van der Waals surface area contributed by atoms with Crippen molar-refractivity contribution in [2.75, 3.05) is 16.8 Å². The van der Waals surface area contributed by atoms with Crippen molar-refractivity contribution in [2.45, 2.75) is 46.1 Å². The average Bonchev–Trinajstić information content (AvgIpc) is 3.36. The van der Waals surface area contributed by atoms with E-state index in [2.05, 4.69) is 59.6 Å². The summed E-state index contributed by atoms with van der Waals surface area (Å²) in [5.74, 6) is 0.843. The summed E-state index contributed by atoms with van der Waals surface area (Å²) in [6, 6.07) is 14.3. The molecule has 1 aliphatic rings. The lowest BCUT2D eigenvalue weighted by Gasteiger charge is -2.22. The maximum atomic E-state index is 12.9. The van der Waals surface area contributed by atoms with Gasteiger partial charge in [-0.25, -0.2) is 4.98 Å². The molecule has 0 spiro atoms. The van der Waals surface area contributed by atoms with Crippen LogP contribution in [0.1, 0.15) is 40.9 Å². The van der Waals surface area contributed by atoms with Gasteiger partial charge in [0.1, 0.15) is 11.9 Å². The Kier molecular flexibility index (Phi) is 5.62. The van der Waals surface area contributed by atoms with Gasteiger partial charge < -0.3 is 10.2 Å². The van der Waals surface area contributed by atoms with Crippen molar-refractivity contribution in [2.24, 2.45) is 0 Å². The first-order valence-electron chi connectivity index (χ1n) is 10.0. The molecule has 1 N–H and O–H groups in total. The second kappa shape index (κ2) is 8.33. The first-order chi connectivity index (χ1) is 14.0. The van der Waals surface area contributed by atoms with Gasteiger partial charge in [-0.1, -0.05) is 35.9 Å². The van der Waals surface area contributed by atoms with Crippen LogP contribution >= 0.6 is 11.5 Å². The number of nitrogens with zero attached hydrogens (tertiary/aromatic N) is 3. The molecule has 0 aliphatic carbocycles. The van der Waals surface area contributed by atoms with E-state index in [0.717, 1.165) is 36.0 Å². The predicted octanol–water partition coefficient (Wildman–Crippen LogP) is 4.66. The van der Waals surface area contributed by atoms with Gasteiger partial charge in [-0.3, -0.25) is 4.79 Å². The molecule has 2 heterocycles. The molecule has 4 rings (SSSR count). The smallest absolute Gasteiger partial charge is 0.247 e. The van der Waals surface area contributed by atoms with Crippen molar-refractivity contribution in [3.05, 3.63) is 70.5 Å². The van der Waals surface area contributed by atoms with Crippen LogP contribution in [0.25, 0.3) is 0 Å². The molecule has 2 aromatic carbocycles. The van der Waals surface area contributed by atoms with Crippen LogP contribution in [0.3, 0.4) is 0 Å². The van der Waals surface area contributed by atoms with Crippen LogP contribution in [0, 0.1) is 20.8 Å². The Labute approximate surface area is 176 Å². The molecule has 1 saturated heterocycles. The minimum atomic E-state index is -0.197. The monoisotopic (exact) mass is 406 g/mol. The van der Waals surface area contributed by atoms with Crippen molar-refractivity contribution >= 4 is 28.3 Å². The van der Waals surface area contributed by atoms with Crippen LogP contribution in [0.15, 0.2) is 42.5 Å². The lowest BCUT2D eigenvalue weighted by molar-refractivity contribution is -0.117. The molecule has 1 unspecified atom stereocenters. The molecule has 29 heavy (non-hydrogen) atoms. The summed E-state index contributed by atoms with van der Waals surface area (Å²) in [6.07, 6.45) is 2.53. The summed E-state index contributed by atoms with van der Waals surface area (Å²) in [6.45, 7) is 7.05. The SMILES string of the molecule is Cc1ccc(Cc2nsc(N3CCCC3C(=O)Nc3ccc(C)c(C)c3)n2)cc1. The second-order valence-corrected chi connectivity index (χ2v) is 8.53. The molecule has 3 aromatic rings. The maximum Gasteiger partial charge on any atom is 0.247 e. The van der Waals surface area contributed by atoms with Gasteiger partial charge in [0.15, 0.2) is 0 Å². The van der Waals surface area contributed by atoms with Gasteiger partial charge >= 0.3 is 0 Å². The molecule has 0 bridgehead atoms. The lowest BCUT2D eigenvalue weighted by Crippen LogP contribution is -2.39.